The topological polar surface area (TPSA) is 80.3 Å². The lowest BCUT2D eigenvalue weighted by Crippen LogP contribution is -2.41. The van der Waals surface area contributed by atoms with Crippen molar-refractivity contribution >= 4 is 11.9 Å². The van der Waals surface area contributed by atoms with Crippen LogP contribution in [0.25, 0.3) is 0 Å². The summed E-state index contributed by atoms with van der Waals surface area (Å²) in [6.07, 6.45) is 0.0446. The summed E-state index contributed by atoms with van der Waals surface area (Å²) >= 11 is 0. The second kappa shape index (κ2) is 7.80. The molecule has 24 heavy (non-hydrogen) atoms. The zero-order valence-electron chi connectivity index (χ0n) is 15.1. The van der Waals surface area contributed by atoms with Crippen LogP contribution in [0.4, 0.5) is 0 Å². The molecule has 2 saturated heterocycles. The third-order valence-corrected chi connectivity index (χ3v) is 4.65. The average molecular weight is 344 g/mol. The third kappa shape index (κ3) is 4.26. The van der Waals surface area contributed by atoms with Crippen LogP contribution in [-0.4, -0.2) is 48.9 Å². The van der Waals surface area contributed by atoms with E-state index in [0.717, 1.165) is 0 Å². The molecule has 138 valence electrons. The summed E-state index contributed by atoms with van der Waals surface area (Å²) in [6, 6.07) is 0. The van der Waals surface area contributed by atoms with Gasteiger partial charge in [-0.1, -0.05) is 20.8 Å². The standard InChI is InChI=1S/C17H28O7/c1-6-17(7-2)23-14-10(3)8-13(9-20-11(4)18)22-16(15(14)24-17)21-12(5)19/h10,13-16H,6-9H2,1-5H3/t10-,13+,14-,15-,16?/m1/s1. The van der Waals surface area contributed by atoms with E-state index in [9.17, 15) is 9.59 Å². The van der Waals surface area contributed by atoms with Crippen LogP contribution in [0, 0.1) is 5.92 Å². The van der Waals surface area contributed by atoms with Gasteiger partial charge in [-0.3, -0.25) is 9.59 Å². The third-order valence-electron chi connectivity index (χ3n) is 4.65. The van der Waals surface area contributed by atoms with Gasteiger partial charge in [0, 0.05) is 13.8 Å². The SMILES string of the molecule is CCC1(CC)O[C@@H]2[C@H](C)C[C@@H](COC(C)=O)OC(OC(C)=O)[C@@H]2O1. The molecular weight excluding hydrogens is 316 g/mol. The minimum Gasteiger partial charge on any atom is -0.463 e. The quantitative estimate of drug-likeness (QED) is 0.707. The van der Waals surface area contributed by atoms with E-state index in [4.69, 9.17) is 23.7 Å². The fraction of sp³-hybridized carbons (Fsp3) is 0.882. The summed E-state index contributed by atoms with van der Waals surface area (Å²) < 4.78 is 28.7. The summed E-state index contributed by atoms with van der Waals surface area (Å²) in [5.74, 6) is -1.39. The van der Waals surface area contributed by atoms with Gasteiger partial charge in [0.1, 0.15) is 12.7 Å². The molecule has 5 atom stereocenters. The highest BCUT2D eigenvalue weighted by Gasteiger charge is 2.54. The highest BCUT2D eigenvalue weighted by atomic mass is 16.8. The summed E-state index contributed by atoms with van der Waals surface area (Å²) in [5.41, 5.74) is 0. The van der Waals surface area contributed by atoms with Gasteiger partial charge in [0.15, 0.2) is 5.79 Å². The lowest BCUT2D eigenvalue weighted by Gasteiger charge is -2.29. The Bertz CT molecular complexity index is 460. The molecule has 7 heteroatoms. The molecule has 0 spiro atoms. The number of hydrogen-bond acceptors (Lipinski definition) is 7. The summed E-state index contributed by atoms with van der Waals surface area (Å²) in [7, 11) is 0. The first-order valence-corrected chi connectivity index (χ1v) is 8.62. The van der Waals surface area contributed by atoms with Crippen LogP contribution < -0.4 is 0 Å². The van der Waals surface area contributed by atoms with E-state index in [1.165, 1.54) is 13.8 Å². The van der Waals surface area contributed by atoms with E-state index < -0.39 is 24.2 Å². The van der Waals surface area contributed by atoms with Crippen molar-refractivity contribution < 1.29 is 33.3 Å². The Morgan fingerprint density at radius 1 is 1.08 bits per heavy atom. The van der Waals surface area contributed by atoms with Gasteiger partial charge in [-0.25, -0.2) is 0 Å². The van der Waals surface area contributed by atoms with Crippen LogP contribution in [0.5, 0.6) is 0 Å². The van der Waals surface area contributed by atoms with Gasteiger partial charge < -0.3 is 23.7 Å². The minimum absolute atomic E-state index is 0.107. The maximum atomic E-state index is 11.5. The van der Waals surface area contributed by atoms with Gasteiger partial charge in [-0.15, -0.1) is 0 Å². The van der Waals surface area contributed by atoms with Crippen LogP contribution in [0.1, 0.15) is 53.9 Å². The minimum atomic E-state index is -0.877. The Labute approximate surface area is 142 Å². The number of fused-ring (bicyclic) bond motifs is 1. The van der Waals surface area contributed by atoms with Crippen LogP contribution >= 0.6 is 0 Å². The molecule has 0 radical (unpaired) electrons. The maximum Gasteiger partial charge on any atom is 0.305 e. The van der Waals surface area contributed by atoms with Gasteiger partial charge in [-0.2, -0.15) is 0 Å². The van der Waals surface area contributed by atoms with Gasteiger partial charge >= 0.3 is 11.9 Å². The Morgan fingerprint density at radius 2 is 1.71 bits per heavy atom. The zero-order chi connectivity index (χ0) is 17.9. The van der Waals surface area contributed by atoms with Crippen molar-refractivity contribution in [2.45, 2.75) is 84.3 Å². The number of carbonyl (C=O) groups excluding carboxylic acids is 2. The van der Waals surface area contributed by atoms with Crippen LogP contribution in [-0.2, 0) is 33.3 Å². The fourth-order valence-electron chi connectivity index (χ4n) is 3.34. The van der Waals surface area contributed by atoms with E-state index in [2.05, 4.69) is 0 Å². The molecule has 2 aliphatic rings. The molecule has 0 amide bonds. The van der Waals surface area contributed by atoms with E-state index in [0.29, 0.717) is 19.3 Å². The molecule has 2 fully saturated rings. The number of rotatable bonds is 5. The number of esters is 2. The molecule has 0 aromatic rings. The van der Waals surface area contributed by atoms with Gasteiger partial charge in [0.2, 0.25) is 6.29 Å². The Kier molecular flexibility index (Phi) is 6.22. The van der Waals surface area contributed by atoms with E-state index in [-0.39, 0.29) is 30.7 Å². The molecule has 0 aliphatic carbocycles. The molecule has 2 rings (SSSR count). The van der Waals surface area contributed by atoms with E-state index >= 15 is 0 Å². The molecule has 2 heterocycles. The predicted octanol–water partition coefficient (Wildman–Crippen LogP) is 2.16. The molecule has 1 unspecified atom stereocenters. The molecule has 0 aromatic heterocycles. The largest absolute Gasteiger partial charge is 0.463 e. The first kappa shape index (κ1) is 19.1. The molecule has 0 aromatic carbocycles. The number of hydrogen-bond donors (Lipinski definition) is 0. The summed E-state index contributed by atoms with van der Waals surface area (Å²) in [5, 5.41) is 0. The molecule has 0 N–H and O–H groups in total. The van der Waals surface area contributed by atoms with Crippen molar-refractivity contribution in [2.24, 2.45) is 5.92 Å². The lowest BCUT2D eigenvalue weighted by molar-refractivity contribution is -0.243. The molecule has 2 aliphatic heterocycles. The van der Waals surface area contributed by atoms with Crippen LogP contribution in [0.15, 0.2) is 0 Å². The Hall–Kier alpha value is -1.18. The lowest BCUT2D eigenvalue weighted by atomic mass is 9.95. The molecule has 0 saturated carbocycles. The van der Waals surface area contributed by atoms with Crippen molar-refractivity contribution in [3.8, 4) is 0 Å². The maximum absolute atomic E-state index is 11.5. The van der Waals surface area contributed by atoms with E-state index in [1.54, 1.807) is 0 Å². The van der Waals surface area contributed by atoms with Gasteiger partial charge in [0.25, 0.3) is 0 Å². The second-order valence-corrected chi connectivity index (χ2v) is 6.53. The summed E-state index contributed by atoms with van der Waals surface area (Å²) in [6.45, 7) is 8.85. The Morgan fingerprint density at radius 3 is 2.25 bits per heavy atom. The van der Waals surface area contributed by atoms with Crippen molar-refractivity contribution in [3.63, 3.8) is 0 Å². The molecular formula is C17H28O7. The monoisotopic (exact) mass is 344 g/mol. The van der Waals surface area contributed by atoms with Gasteiger partial charge in [0.05, 0.1) is 12.2 Å². The van der Waals surface area contributed by atoms with Crippen molar-refractivity contribution in [2.75, 3.05) is 6.61 Å². The molecule has 7 nitrogen and oxygen atoms in total. The predicted molar refractivity (Wildman–Crippen MR) is 83.9 cm³/mol. The number of ether oxygens (including phenoxy) is 5. The first-order valence-electron chi connectivity index (χ1n) is 8.62. The zero-order valence-corrected chi connectivity index (χ0v) is 15.1. The first-order chi connectivity index (χ1) is 11.3. The fourth-order valence-corrected chi connectivity index (χ4v) is 3.34. The van der Waals surface area contributed by atoms with Crippen molar-refractivity contribution in [1.82, 2.24) is 0 Å². The highest BCUT2D eigenvalue weighted by Crippen LogP contribution is 2.42. The Balaban J connectivity index is 2.19. The van der Waals surface area contributed by atoms with E-state index in [1.807, 2.05) is 20.8 Å². The highest BCUT2D eigenvalue weighted by molar-refractivity contribution is 5.66. The van der Waals surface area contributed by atoms with Crippen molar-refractivity contribution in [3.05, 3.63) is 0 Å². The second-order valence-electron chi connectivity index (χ2n) is 6.53. The summed E-state index contributed by atoms with van der Waals surface area (Å²) in [4.78, 5) is 22.5. The normalized spacial score (nSPS) is 35.0. The average Bonchev–Trinajstić information content (AvgIpc) is 2.87. The molecule has 0 bridgehead atoms. The number of carbonyl (C=O) groups is 2. The smallest absolute Gasteiger partial charge is 0.305 e. The van der Waals surface area contributed by atoms with Crippen LogP contribution in [0.2, 0.25) is 0 Å². The van der Waals surface area contributed by atoms with Crippen molar-refractivity contribution in [1.29, 1.82) is 0 Å². The van der Waals surface area contributed by atoms with Crippen LogP contribution in [0.3, 0.4) is 0 Å². The van der Waals surface area contributed by atoms with Gasteiger partial charge in [-0.05, 0) is 25.2 Å².